The zero-order chi connectivity index (χ0) is 22.5. The molecule has 0 radical (unpaired) electrons. The van der Waals surface area contributed by atoms with E-state index in [1.54, 1.807) is 29.2 Å². The monoisotopic (exact) mass is 420 g/mol. The minimum atomic E-state index is -0.670. The maximum atomic E-state index is 13.0. The molecular weight excluding hydrogens is 392 g/mol. The highest BCUT2D eigenvalue weighted by molar-refractivity contribution is 6.46. The summed E-state index contributed by atoms with van der Waals surface area (Å²) in [6.45, 7) is 6.81. The Morgan fingerprint density at radius 1 is 1.19 bits per heavy atom. The van der Waals surface area contributed by atoms with E-state index in [0.717, 1.165) is 11.1 Å². The van der Waals surface area contributed by atoms with Crippen LogP contribution in [0, 0.1) is 6.92 Å². The van der Waals surface area contributed by atoms with Crippen LogP contribution in [0.1, 0.15) is 22.7 Å². The smallest absolute Gasteiger partial charge is 0.295 e. The third-order valence-electron chi connectivity index (χ3n) is 5.26. The van der Waals surface area contributed by atoms with Gasteiger partial charge in [0.15, 0.2) is 0 Å². The molecule has 1 aliphatic heterocycles. The SMILES string of the molecule is C=CCOc1ccc(/C(O)=C2\C(=O)C(=O)N(CCN(C)C)C2c2ccccc2)c(C)c1. The van der Waals surface area contributed by atoms with E-state index in [4.69, 9.17) is 4.74 Å². The van der Waals surface area contributed by atoms with Crippen molar-refractivity contribution in [1.29, 1.82) is 0 Å². The van der Waals surface area contributed by atoms with Crippen molar-refractivity contribution in [3.05, 3.63) is 83.4 Å². The second kappa shape index (κ2) is 9.62. The lowest BCUT2D eigenvalue weighted by atomic mass is 9.94. The Bertz CT molecular complexity index is 1010. The maximum absolute atomic E-state index is 13.0. The van der Waals surface area contributed by atoms with Crippen LogP contribution in [0.4, 0.5) is 0 Å². The topological polar surface area (TPSA) is 70.1 Å². The summed E-state index contributed by atoms with van der Waals surface area (Å²) in [5, 5.41) is 11.2. The van der Waals surface area contributed by atoms with Gasteiger partial charge in [-0.15, -0.1) is 0 Å². The lowest BCUT2D eigenvalue weighted by Gasteiger charge is -2.26. The Balaban J connectivity index is 2.09. The van der Waals surface area contributed by atoms with Gasteiger partial charge in [-0.2, -0.15) is 0 Å². The van der Waals surface area contributed by atoms with Crippen LogP contribution in [-0.4, -0.2) is 60.4 Å². The Morgan fingerprint density at radius 3 is 2.52 bits per heavy atom. The molecule has 6 nitrogen and oxygen atoms in total. The molecule has 3 rings (SSSR count). The van der Waals surface area contributed by atoms with Crippen molar-refractivity contribution < 1.29 is 19.4 Å². The first-order valence-corrected chi connectivity index (χ1v) is 10.2. The summed E-state index contributed by atoms with van der Waals surface area (Å²) in [5.74, 6) is -0.801. The predicted molar refractivity (Wildman–Crippen MR) is 121 cm³/mol. The standard InChI is InChI=1S/C25H28N2O4/c1-5-15-31-19-11-12-20(17(2)16-19)23(28)21-22(18-9-7-6-8-10-18)27(14-13-26(3)4)25(30)24(21)29/h5-12,16,22,28H,1,13-15H2,2-4H3/b23-21+. The summed E-state index contributed by atoms with van der Waals surface area (Å²) >= 11 is 0. The fourth-order valence-corrected chi connectivity index (χ4v) is 3.69. The van der Waals surface area contributed by atoms with Gasteiger partial charge in [-0.3, -0.25) is 9.59 Å². The zero-order valence-corrected chi connectivity index (χ0v) is 18.2. The van der Waals surface area contributed by atoms with Gasteiger partial charge in [-0.05, 0) is 50.3 Å². The summed E-state index contributed by atoms with van der Waals surface area (Å²) in [5.41, 5.74) is 2.13. The van der Waals surface area contributed by atoms with E-state index < -0.39 is 17.7 Å². The molecule has 1 heterocycles. The van der Waals surface area contributed by atoms with E-state index in [9.17, 15) is 14.7 Å². The van der Waals surface area contributed by atoms with Gasteiger partial charge in [0, 0.05) is 18.7 Å². The quantitative estimate of drug-likeness (QED) is 0.306. The van der Waals surface area contributed by atoms with Crippen LogP contribution in [0.3, 0.4) is 0 Å². The molecular formula is C25H28N2O4. The second-order valence-corrected chi connectivity index (χ2v) is 7.78. The molecule has 2 aromatic carbocycles. The summed E-state index contributed by atoms with van der Waals surface area (Å²) in [6.07, 6.45) is 1.65. The molecule has 1 N–H and O–H groups in total. The molecule has 1 atom stereocenters. The number of likely N-dealkylation sites (N-methyl/N-ethyl adjacent to an activating group) is 1. The van der Waals surface area contributed by atoms with Crippen LogP contribution >= 0.6 is 0 Å². The number of carbonyl (C=O) groups is 2. The number of nitrogens with zero attached hydrogens (tertiary/aromatic N) is 2. The minimum Gasteiger partial charge on any atom is -0.507 e. The summed E-state index contributed by atoms with van der Waals surface area (Å²) in [4.78, 5) is 29.4. The summed E-state index contributed by atoms with van der Waals surface area (Å²) in [6, 6.07) is 13.9. The van der Waals surface area contributed by atoms with Crippen molar-refractivity contribution in [2.75, 3.05) is 33.8 Å². The van der Waals surface area contributed by atoms with Gasteiger partial charge in [-0.1, -0.05) is 43.0 Å². The highest BCUT2D eigenvalue weighted by Gasteiger charge is 2.45. The first kappa shape index (κ1) is 22.3. The van der Waals surface area contributed by atoms with Gasteiger partial charge in [-0.25, -0.2) is 0 Å². The predicted octanol–water partition coefficient (Wildman–Crippen LogP) is 3.54. The lowest BCUT2D eigenvalue weighted by Crippen LogP contribution is -2.35. The molecule has 1 amide bonds. The normalized spacial score (nSPS) is 17.9. The molecule has 31 heavy (non-hydrogen) atoms. The number of carbonyl (C=O) groups excluding carboxylic acids is 2. The Kier molecular flexibility index (Phi) is 6.92. The fraction of sp³-hybridized carbons (Fsp3) is 0.280. The molecule has 0 aromatic heterocycles. The van der Waals surface area contributed by atoms with Gasteiger partial charge in [0.25, 0.3) is 11.7 Å². The van der Waals surface area contributed by atoms with Crippen molar-refractivity contribution in [2.45, 2.75) is 13.0 Å². The van der Waals surface area contributed by atoms with Crippen LogP contribution in [0.15, 0.2) is 66.8 Å². The average molecular weight is 421 g/mol. The molecule has 1 saturated heterocycles. The van der Waals surface area contributed by atoms with Gasteiger partial charge in [0.1, 0.15) is 18.1 Å². The molecule has 1 aliphatic rings. The average Bonchev–Trinajstić information content (AvgIpc) is 3.01. The zero-order valence-electron chi connectivity index (χ0n) is 18.2. The fourth-order valence-electron chi connectivity index (χ4n) is 3.69. The first-order valence-electron chi connectivity index (χ1n) is 10.2. The highest BCUT2D eigenvalue weighted by Crippen LogP contribution is 2.39. The highest BCUT2D eigenvalue weighted by atomic mass is 16.5. The third-order valence-corrected chi connectivity index (χ3v) is 5.26. The number of aryl methyl sites for hydroxylation is 1. The third kappa shape index (κ3) is 4.70. The van der Waals surface area contributed by atoms with Crippen LogP contribution in [0.2, 0.25) is 0 Å². The van der Waals surface area contributed by atoms with E-state index in [1.807, 2.05) is 56.3 Å². The van der Waals surface area contributed by atoms with Crippen molar-refractivity contribution >= 4 is 17.4 Å². The maximum Gasteiger partial charge on any atom is 0.295 e. The molecule has 0 bridgehead atoms. The van der Waals surface area contributed by atoms with Gasteiger partial charge in [0.2, 0.25) is 0 Å². The molecule has 1 fully saturated rings. The van der Waals surface area contributed by atoms with Crippen LogP contribution in [-0.2, 0) is 9.59 Å². The second-order valence-electron chi connectivity index (χ2n) is 7.78. The number of rotatable bonds is 8. The number of hydrogen-bond donors (Lipinski definition) is 1. The van der Waals surface area contributed by atoms with Crippen LogP contribution < -0.4 is 4.74 Å². The van der Waals surface area contributed by atoms with Crippen molar-refractivity contribution in [1.82, 2.24) is 9.80 Å². The Morgan fingerprint density at radius 2 is 1.90 bits per heavy atom. The lowest BCUT2D eigenvalue weighted by molar-refractivity contribution is -0.140. The summed E-state index contributed by atoms with van der Waals surface area (Å²) in [7, 11) is 3.82. The number of ether oxygens (including phenoxy) is 1. The van der Waals surface area contributed by atoms with Crippen LogP contribution in [0.25, 0.3) is 5.76 Å². The number of likely N-dealkylation sites (tertiary alicyclic amines) is 1. The van der Waals surface area contributed by atoms with Crippen molar-refractivity contribution in [2.24, 2.45) is 0 Å². The van der Waals surface area contributed by atoms with Gasteiger partial charge >= 0.3 is 0 Å². The number of Topliss-reactive ketones (excluding diaryl/α,β-unsaturated/α-hetero) is 1. The molecule has 1 unspecified atom stereocenters. The van der Waals surface area contributed by atoms with Gasteiger partial charge in [0.05, 0.1) is 11.6 Å². The Labute approximate surface area is 183 Å². The molecule has 162 valence electrons. The molecule has 6 heteroatoms. The minimum absolute atomic E-state index is 0.109. The first-order chi connectivity index (χ1) is 14.8. The van der Waals surface area contributed by atoms with Crippen molar-refractivity contribution in [3.8, 4) is 5.75 Å². The summed E-state index contributed by atoms with van der Waals surface area (Å²) < 4.78 is 5.55. The van der Waals surface area contributed by atoms with Gasteiger partial charge < -0.3 is 19.6 Å². The largest absolute Gasteiger partial charge is 0.507 e. The molecule has 0 saturated carbocycles. The number of ketones is 1. The Hall–Kier alpha value is -3.38. The van der Waals surface area contributed by atoms with Crippen molar-refractivity contribution in [3.63, 3.8) is 0 Å². The molecule has 2 aromatic rings. The number of aliphatic hydroxyl groups excluding tert-OH is 1. The van der Waals surface area contributed by atoms with E-state index in [1.165, 1.54) is 0 Å². The van der Waals surface area contributed by atoms with Crippen LogP contribution in [0.5, 0.6) is 5.75 Å². The molecule has 0 aliphatic carbocycles. The number of aliphatic hydroxyl groups is 1. The number of amides is 1. The van der Waals surface area contributed by atoms with E-state index in [-0.39, 0.29) is 11.3 Å². The number of benzene rings is 2. The van der Waals surface area contributed by atoms with E-state index in [2.05, 4.69) is 6.58 Å². The van der Waals surface area contributed by atoms with E-state index >= 15 is 0 Å². The number of hydrogen-bond acceptors (Lipinski definition) is 5. The van der Waals surface area contributed by atoms with E-state index in [0.29, 0.717) is 31.0 Å². The molecule has 0 spiro atoms.